The molecule has 6 heteroatoms. The van der Waals surface area contributed by atoms with Crippen LogP contribution in [0.1, 0.15) is 34.4 Å². The maximum absolute atomic E-state index is 11.6. The molecule has 5 nitrogen and oxygen atoms in total. The molecule has 1 aromatic rings. The van der Waals surface area contributed by atoms with Crippen LogP contribution in [-0.2, 0) is 4.79 Å². The topological polar surface area (TPSA) is 79.3 Å². The van der Waals surface area contributed by atoms with E-state index >= 15 is 0 Å². The Kier molecular flexibility index (Phi) is 4.42. The van der Waals surface area contributed by atoms with Gasteiger partial charge in [0.1, 0.15) is 10.9 Å². The first-order chi connectivity index (χ1) is 7.54. The van der Waals surface area contributed by atoms with Crippen molar-refractivity contribution < 1.29 is 14.7 Å². The van der Waals surface area contributed by atoms with Gasteiger partial charge in [0.2, 0.25) is 0 Å². The Labute approximate surface area is 97.5 Å². The quantitative estimate of drug-likeness (QED) is 0.818. The summed E-state index contributed by atoms with van der Waals surface area (Å²) in [5.41, 5.74) is 0. The lowest BCUT2D eigenvalue weighted by Crippen LogP contribution is -2.40. The SMILES string of the molecule is CCC[C@@H](NC(=O)c1cnc(C)s1)C(=O)O. The van der Waals surface area contributed by atoms with Gasteiger partial charge >= 0.3 is 5.97 Å². The van der Waals surface area contributed by atoms with E-state index < -0.39 is 12.0 Å². The Morgan fingerprint density at radius 1 is 1.62 bits per heavy atom. The van der Waals surface area contributed by atoms with E-state index in [0.717, 1.165) is 5.01 Å². The second kappa shape index (κ2) is 5.60. The van der Waals surface area contributed by atoms with E-state index in [-0.39, 0.29) is 5.91 Å². The molecule has 0 radical (unpaired) electrons. The standard InChI is InChI=1S/C10H14N2O3S/c1-3-4-7(10(14)15)12-9(13)8-5-11-6(2)16-8/h5,7H,3-4H2,1-2H3,(H,12,13)(H,14,15)/t7-/m1/s1. The van der Waals surface area contributed by atoms with Gasteiger partial charge in [0.25, 0.3) is 5.91 Å². The highest BCUT2D eigenvalue weighted by molar-refractivity contribution is 7.13. The Balaban J connectivity index is 2.65. The minimum absolute atomic E-state index is 0.369. The molecule has 0 saturated heterocycles. The molecule has 0 aliphatic rings. The number of aromatic nitrogens is 1. The van der Waals surface area contributed by atoms with E-state index in [9.17, 15) is 9.59 Å². The zero-order valence-corrected chi connectivity index (χ0v) is 10.0. The third-order valence-electron chi connectivity index (χ3n) is 2.03. The number of carbonyl (C=O) groups excluding carboxylic acids is 1. The second-order valence-electron chi connectivity index (χ2n) is 3.40. The first-order valence-corrected chi connectivity index (χ1v) is 5.82. The molecule has 1 amide bonds. The number of rotatable bonds is 5. The summed E-state index contributed by atoms with van der Waals surface area (Å²) < 4.78 is 0. The fourth-order valence-corrected chi connectivity index (χ4v) is 1.92. The fourth-order valence-electron chi connectivity index (χ4n) is 1.24. The van der Waals surface area contributed by atoms with Crippen molar-refractivity contribution in [1.29, 1.82) is 0 Å². The van der Waals surface area contributed by atoms with Gasteiger partial charge in [-0.05, 0) is 13.3 Å². The number of carbonyl (C=O) groups is 2. The first kappa shape index (κ1) is 12.6. The number of amides is 1. The molecule has 1 heterocycles. The van der Waals surface area contributed by atoms with Gasteiger partial charge in [-0.1, -0.05) is 13.3 Å². The number of aryl methyl sites for hydroxylation is 1. The van der Waals surface area contributed by atoms with Crippen LogP contribution in [0.2, 0.25) is 0 Å². The molecule has 1 rings (SSSR count). The normalized spacial score (nSPS) is 12.1. The number of carboxylic acid groups (broad SMARTS) is 1. The Hall–Kier alpha value is -1.43. The Morgan fingerprint density at radius 2 is 2.31 bits per heavy atom. The van der Waals surface area contributed by atoms with E-state index in [1.165, 1.54) is 17.5 Å². The average Bonchev–Trinajstić information content (AvgIpc) is 2.64. The van der Waals surface area contributed by atoms with Crippen LogP contribution < -0.4 is 5.32 Å². The van der Waals surface area contributed by atoms with Crippen molar-refractivity contribution in [3.8, 4) is 0 Å². The highest BCUT2D eigenvalue weighted by Crippen LogP contribution is 2.11. The fraction of sp³-hybridized carbons (Fsp3) is 0.500. The summed E-state index contributed by atoms with van der Waals surface area (Å²) in [5.74, 6) is -1.37. The van der Waals surface area contributed by atoms with Crippen LogP contribution in [0, 0.1) is 6.92 Å². The Morgan fingerprint density at radius 3 is 2.75 bits per heavy atom. The van der Waals surface area contributed by atoms with Crippen LogP contribution in [0.4, 0.5) is 0 Å². The first-order valence-electron chi connectivity index (χ1n) is 5.00. The molecule has 1 aromatic heterocycles. The molecule has 0 saturated carbocycles. The van der Waals surface area contributed by atoms with Crippen LogP contribution in [0.3, 0.4) is 0 Å². The summed E-state index contributed by atoms with van der Waals surface area (Å²) in [6.45, 7) is 3.67. The number of nitrogens with zero attached hydrogens (tertiary/aromatic N) is 1. The van der Waals surface area contributed by atoms with E-state index in [0.29, 0.717) is 17.7 Å². The second-order valence-corrected chi connectivity index (χ2v) is 4.63. The van der Waals surface area contributed by atoms with E-state index in [1.807, 2.05) is 6.92 Å². The molecular weight excluding hydrogens is 228 g/mol. The van der Waals surface area contributed by atoms with Gasteiger partial charge in [-0.2, -0.15) is 0 Å². The summed E-state index contributed by atoms with van der Waals surface area (Å²) in [5, 5.41) is 12.1. The van der Waals surface area contributed by atoms with Gasteiger partial charge in [-0.3, -0.25) is 4.79 Å². The van der Waals surface area contributed by atoms with E-state index in [4.69, 9.17) is 5.11 Å². The third kappa shape index (κ3) is 3.30. The predicted octanol–water partition coefficient (Wildman–Crippen LogP) is 1.43. The molecule has 0 unspecified atom stereocenters. The van der Waals surface area contributed by atoms with Gasteiger partial charge in [-0.25, -0.2) is 9.78 Å². The average molecular weight is 242 g/mol. The molecular formula is C10H14N2O3S. The predicted molar refractivity (Wildman–Crippen MR) is 60.6 cm³/mol. The smallest absolute Gasteiger partial charge is 0.326 e. The molecule has 0 spiro atoms. The van der Waals surface area contributed by atoms with Crippen molar-refractivity contribution in [2.24, 2.45) is 0 Å². The minimum Gasteiger partial charge on any atom is -0.480 e. The van der Waals surface area contributed by atoms with E-state index in [2.05, 4.69) is 10.3 Å². The van der Waals surface area contributed by atoms with Crippen LogP contribution >= 0.6 is 11.3 Å². The maximum atomic E-state index is 11.6. The lowest BCUT2D eigenvalue weighted by Gasteiger charge is -2.12. The van der Waals surface area contributed by atoms with Crippen LogP contribution in [-0.4, -0.2) is 28.0 Å². The zero-order valence-electron chi connectivity index (χ0n) is 9.19. The van der Waals surface area contributed by atoms with Crippen molar-refractivity contribution in [3.05, 3.63) is 16.1 Å². The third-order valence-corrected chi connectivity index (χ3v) is 2.94. The molecule has 88 valence electrons. The molecule has 0 fully saturated rings. The van der Waals surface area contributed by atoms with Crippen LogP contribution in [0.25, 0.3) is 0 Å². The van der Waals surface area contributed by atoms with Crippen LogP contribution in [0.15, 0.2) is 6.20 Å². The van der Waals surface area contributed by atoms with Gasteiger partial charge < -0.3 is 10.4 Å². The number of nitrogens with one attached hydrogen (secondary N) is 1. The summed E-state index contributed by atoms with van der Waals surface area (Å²) >= 11 is 1.25. The lowest BCUT2D eigenvalue weighted by molar-refractivity contribution is -0.139. The largest absolute Gasteiger partial charge is 0.480 e. The van der Waals surface area contributed by atoms with Crippen molar-refractivity contribution in [1.82, 2.24) is 10.3 Å². The number of thiazole rings is 1. The number of carboxylic acids is 1. The molecule has 1 atom stereocenters. The van der Waals surface area contributed by atoms with E-state index in [1.54, 1.807) is 6.92 Å². The molecule has 0 bridgehead atoms. The maximum Gasteiger partial charge on any atom is 0.326 e. The van der Waals surface area contributed by atoms with Crippen molar-refractivity contribution >= 4 is 23.2 Å². The van der Waals surface area contributed by atoms with Gasteiger partial charge in [-0.15, -0.1) is 11.3 Å². The van der Waals surface area contributed by atoms with Crippen molar-refractivity contribution in [2.75, 3.05) is 0 Å². The monoisotopic (exact) mass is 242 g/mol. The summed E-state index contributed by atoms with van der Waals surface area (Å²) in [6, 6.07) is -0.820. The van der Waals surface area contributed by atoms with Crippen molar-refractivity contribution in [2.45, 2.75) is 32.7 Å². The minimum atomic E-state index is -1.00. The highest BCUT2D eigenvalue weighted by atomic mass is 32.1. The summed E-state index contributed by atoms with van der Waals surface area (Å²) in [4.78, 5) is 26.9. The molecule has 0 aliphatic carbocycles. The molecule has 16 heavy (non-hydrogen) atoms. The molecule has 0 aromatic carbocycles. The number of hydrogen-bond acceptors (Lipinski definition) is 4. The molecule has 0 aliphatic heterocycles. The number of hydrogen-bond donors (Lipinski definition) is 2. The Bertz CT molecular complexity index is 389. The van der Waals surface area contributed by atoms with Crippen LogP contribution in [0.5, 0.6) is 0 Å². The van der Waals surface area contributed by atoms with Gasteiger partial charge in [0.05, 0.1) is 11.2 Å². The molecule has 2 N–H and O–H groups in total. The van der Waals surface area contributed by atoms with Crippen molar-refractivity contribution in [3.63, 3.8) is 0 Å². The summed E-state index contributed by atoms with van der Waals surface area (Å²) in [7, 11) is 0. The number of aliphatic carboxylic acids is 1. The van der Waals surface area contributed by atoms with Gasteiger partial charge in [0, 0.05) is 0 Å². The van der Waals surface area contributed by atoms with Gasteiger partial charge in [0.15, 0.2) is 0 Å². The lowest BCUT2D eigenvalue weighted by atomic mass is 10.1. The highest BCUT2D eigenvalue weighted by Gasteiger charge is 2.20. The zero-order chi connectivity index (χ0) is 12.1. The summed E-state index contributed by atoms with van der Waals surface area (Å²) in [6.07, 6.45) is 2.60.